The lowest BCUT2D eigenvalue weighted by atomic mass is 9.83. The van der Waals surface area contributed by atoms with Crippen LogP contribution in [0.15, 0.2) is 54.6 Å². The highest BCUT2D eigenvalue weighted by atomic mass is 35.5. The molecule has 0 spiro atoms. The van der Waals surface area contributed by atoms with Crippen LogP contribution in [0.2, 0.25) is 5.02 Å². The average Bonchev–Trinajstić information content (AvgIpc) is 2.96. The Morgan fingerprint density at radius 1 is 0.846 bits per heavy atom. The predicted molar refractivity (Wildman–Crippen MR) is 149 cm³/mol. The summed E-state index contributed by atoms with van der Waals surface area (Å²) < 4.78 is 27.1. The van der Waals surface area contributed by atoms with Crippen LogP contribution in [0.25, 0.3) is 0 Å². The Hall–Kier alpha value is -4.11. The van der Waals surface area contributed by atoms with Gasteiger partial charge in [-0.3, -0.25) is 9.59 Å². The summed E-state index contributed by atoms with van der Waals surface area (Å²) in [6.07, 6.45) is 0.525. The van der Waals surface area contributed by atoms with Crippen LogP contribution in [-0.2, 0) is 9.59 Å². The van der Waals surface area contributed by atoms with E-state index in [0.717, 1.165) is 5.56 Å². The number of methoxy groups -OCH3 is 5. The second kappa shape index (κ2) is 12.2. The zero-order chi connectivity index (χ0) is 28.1. The molecule has 0 bridgehead atoms. The molecule has 1 aliphatic heterocycles. The van der Waals surface area contributed by atoms with E-state index >= 15 is 0 Å². The summed E-state index contributed by atoms with van der Waals surface area (Å²) in [4.78, 5) is 28.9. The fraction of sp³-hybridized carbons (Fsp3) is 0.310. The Morgan fingerprint density at radius 3 is 2.03 bits per heavy atom. The van der Waals surface area contributed by atoms with E-state index in [-0.39, 0.29) is 18.2 Å². The van der Waals surface area contributed by atoms with Crippen molar-refractivity contribution in [1.29, 1.82) is 0 Å². The van der Waals surface area contributed by atoms with Gasteiger partial charge in [-0.25, -0.2) is 0 Å². The van der Waals surface area contributed by atoms with E-state index in [1.54, 1.807) is 54.5 Å². The van der Waals surface area contributed by atoms with Gasteiger partial charge in [-0.05, 0) is 42.3 Å². The van der Waals surface area contributed by atoms with Gasteiger partial charge in [-0.2, -0.15) is 0 Å². The Bertz CT molecular complexity index is 1320. The molecule has 0 saturated carbocycles. The quantitative estimate of drug-likeness (QED) is 0.373. The van der Waals surface area contributed by atoms with Crippen molar-refractivity contribution in [2.24, 2.45) is 5.92 Å². The van der Waals surface area contributed by atoms with Crippen LogP contribution in [0.1, 0.15) is 24.4 Å². The molecule has 1 N–H and O–H groups in total. The van der Waals surface area contributed by atoms with Crippen LogP contribution in [0, 0.1) is 5.92 Å². The lowest BCUT2D eigenvalue weighted by Crippen LogP contribution is -2.47. The first-order valence-electron chi connectivity index (χ1n) is 12.3. The van der Waals surface area contributed by atoms with Crippen LogP contribution >= 0.6 is 11.6 Å². The number of ether oxygens (including phenoxy) is 5. The molecular weight excluding hydrogens is 524 g/mol. The zero-order valence-electron chi connectivity index (χ0n) is 22.4. The molecule has 0 radical (unpaired) electrons. The number of nitrogens with zero attached hydrogens (tertiary/aromatic N) is 1. The van der Waals surface area contributed by atoms with Crippen molar-refractivity contribution < 1.29 is 33.3 Å². The Morgan fingerprint density at radius 2 is 1.49 bits per heavy atom. The number of nitrogens with one attached hydrogen (secondary N) is 1. The number of benzene rings is 3. The van der Waals surface area contributed by atoms with Crippen LogP contribution in [0.4, 0.5) is 11.4 Å². The van der Waals surface area contributed by atoms with Gasteiger partial charge >= 0.3 is 0 Å². The predicted octanol–water partition coefficient (Wildman–Crippen LogP) is 5.51. The number of halogens is 1. The molecule has 3 aromatic rings. The zero-order valence-corrected chi connectivity index (χ0v) is 23.2. The second-order valence-electron chi connectivity index (χ2n) is 8.85. The Labute approximate surface area is 232 Å². The molecule has 2 amide bonds. The van der Waals surface area contributed by atoms with E-state index in [1.165, 1.54) is 28.4 Å². The lowest BCUT2D eigenvalue weighted by Gasteiger charge is -2.41. The summed E-state index contributed by atoms with van der Waals surface area (Å²) in [6.45, 7) is 0. The molecule has 206 valence electrons. The molecule has 0 aliphatic carbocycles. The highest BCUT2D eigenvalue weighted by Crippen LogP contribution is 2.46. The van der Waals surface area contributed by atoms with Crippen LogP contribution in [0.3, 0.4) is 0 Å². The fourth-order valence-corrected chi connectivity index (χ4v) is 5.10. The molecular formula is C29H31ClN2O7. The molecule has 2 atom stereocenters. The van der Waals surface area contributed by atoms with Gasteiger partial charge in [0.15, 0.2) is 11.5 Å². The van der Waals surface area contributed by atoms with Gasteiger partial charge in [0.1, 0.15) is 11.5 Å². The molecule has 1 saturated heterocycles. The van der Waals surface area contributed by atoms with Gasteiger partial charge in [0.05, 0.1) is 58.2 Å². The standard InChI is InChI=1S/C29H31ClN2O7/c1-35-20-9-6-17(7-10-20)27-21(29(34)31-18-8-12-23(36-2)22(30)14-18)11-13-26(33)32(27)19-15-24(37-3)28(39-5)25(16-19)38-4/h6-10,12,14-16,21,27H,11,13H2,1-5H3,(H,31,34)/t21-,27-/m0/s1. The number of anilines is 2. The maximum Gasteiger partial charge on any atom is 0.229 e. The van der Waals surface area contributed by atoms with E-state index in [1.807, 2.05) is 12.1 Å². The third-order valence-corrected chi connectivity index (χ3v) is 7.03. The van der Waals surface area contributed by atoms with Crippen molar-refractivity contribution in [2.45, 2.75) is 18.9 Å². The highest BCUT2D eigenvalue weighted by Gasteiger charge is 2.42. The molecule has 10 heteroatoms. The first-order chi connectivity index (χ1) is 18.8. The van der Waals surface area contributed by atoms with Gasteiger partial charge in [0, 0.05) is 24.2 Å². The molecule has 0 unspecified atom stereocenters. The smallest absolute Gasteiger partial charge is 0.229 e. The summed E-state index contributed by atoms with van der Waals surface area (Å²) in [7, 11) is 7.64. The van der Waals surface area contributed by atoms with Crippen LogP contribution < -0.4 is 33.9 Å². The summed E-state index contributed by atoms with van der Waals surface area (Å²) in [5, 5.41) is 3.34. The van der Waals surface area contributed by atoms with E-state index in [0.29, 0.717) is 51.6 Å². The molecule has 1 heterocycles. The number of hydrogen-bond donors (Lipinski definition) is 1. The summed E-state index contributed by atoms with van der Waals surface area (Å²) >= 11 is 6.28. The normalized spacial score (nSPS) is 16.9. The number of piperidine rings is 1. The van der Waals surface area contributed by atoms with E-state index in [9.17, 15) is 9.59 Å². The van der Waals surface area contributed by atoms with Crippen molar-refractivity contribution in [2.75, 3.05) is 45.8 Å². The van der Waals surface area contributed by atoms with Crippen LogP contribution in [0.5, 0.6) is 28.7 Å². The average molecular weight is 555 g/mol. The second-order valence-corrected chi connectivity index (χ2v) is 9.26. The van der Waals surface area contributed by atoms with Crippen molar-refractivity contribution in [3.05, 3.63) is 65.2 Å². The lowest BCUT2D eigenvalue weighted by molar-refractivity contribution is -0.125. The van der Waals surface area contributed by atoms with Gasteiger partial charge in [-0.1, -0.05) is 23.7 Å². The maximum atomic E-state index is 13.8. The summed E-state index contributed by atoms with van der Waals surface area (Å²) in [5.41, 5.74) is 1.81. The SMILES string of the molecule is COc1ccc([C@H]2[C@@H](C(=O)Nc3ccc(OC)c(Cl)c3)CCC(=O)N2c2cc(OC)c(OC)c(OC)c2)cc1. The number of carbonyl (C=O) groups is 2. The maximum absolute atomic E-state index is 13.8. The minimum absolute atomic E-state index is 0.137. The fourth-order valence-electron chi connectivity index (χ4n) is 4.84. The van der Waals surface area contributed by atoms with E-state index in [4.69, 9.17) is 35.3 Å². The molecule has 9 nitrogen and oxygen atoms in total. The first kappa shape index (κ1) is 27.9. The van der Waals surface area contributed by atoms with Crippen molar-refractivity contribution in [3.63, 3.8) is 0 Å². The van der Waals surface area contributed by atoms with Crippen molar-refractivity contribution >= 4 is 34.8 Å². The van der Waals surface area contributed by atoms with E-state index < -0.39 is 12.0 Å². The molecule has 3 aromatic carbocycles. The Balaban J connectivity index is 1.79. The number of carbonyl (C=O) groups excluding carboxylic acids is 2. The highest BCUT2D eigenvalue weighted by molar-refractivity contribution is 6.32. The molecule has 4 rings (SSSR count). The molecule has 1 aliphatic rings. The third kappa shape index (κ3) is 5.68. The van der Waals surface area contributed by atoms with Crippen molar-refractivity contribution in [1.82, 2.24) is 0 Å². The minimum atomic E-state index is -0.631. The minimum Gasteiger partial charge on any atom is -0.497 e. The van der Waals surface area contributed by atoms with Crippen LogP contribution in [-0.4, -0.2) is 47.4 Å². The largest absolute Gasteiger partial charge is 0.497 e. The third-order valence-electron chi connectivity index (χ3n) is 6.74. The summed E-state index contributed by atoms with van der Waals surface area (Å²) in [6, 6.07) is 15.1. The van der Waals surface area contributed by atoms with Gasteiger partial charge < -0.3 is 33.9 Å². The molecule has 0 aromatic heterocycles. The molecule has 1 fully saturated rings. The Kier molecular flexibility index (Phi) is 8.71. The molecule has 39 heavy (non-hydrogen) atoms. The number of hydrogen-bond acceptors (Lipinski definition) is 7. The number of rotatable bonds is 9. The summed E-state index contributed by atoms with van der Waals surface area (Å²) in [5.74, 6) is 1.39. The monoisotopic (exact) mass is 554 g/mol. The topological polar surface area (TPSA) is 95.6 Å². The first-order valence-corrected chi connectivity index (χ1v) is 12.6. The van der Waals surface area contributed by atoms with Gasteiger partial charge in [0.2, 0.25) is 17.6 Å². The van der Waals surface area contributed by atoms with E-state index in [2.05, 4.69) is 5.32 Å². The van der Waals surface area contributed by atoms with Crippen molar-refractivity contribution in [3.8, 4) is 28.7 Å². The number of amides is 2. The van der Waals surface area contributed by atoms with Gasteiger partial charge in [-0.15, -0.1) is 0 Å². The van der Waals surface area contributed by atoms with Gasteiger partial charge in [0.25, 0.3) is 0 Å².